The molecule has 0 fully saturated rings. The molecule has 0 aromatic carbocycles. The Bertz CT molecular complexity index is 396. The molecule has 0 unspecified atom stereocenters. The van der Waals surface area contributed by atoms with E-state index in [-0.39, 0.29) is 0 Å². The molecule has 0 atom stereocenters. The van der Waals surface area contributed by atoms with E-state index >= 15 is 0 Å². The van der Waals surface area contributed by atoms with E-state index in [1.807, 2.05) is 0 Å². The Kier molecular flexibility index (Phi) is 3.07. The summed E-state index contributed by atoms with van der Waals surface area (Å²) in [5.74, 6) is 2.49. The van der Waals surface area contributed by atoms with Crippen LogP contribution in [0.1, 0.15) is 11.3 Å². The molecule has 0 aliphatic rings. The van der Waals surface area contributed by atoms with Crippen LogP contribution in [-0.4, -0.2) is 13.1 Å². The van der Waals surface area contributed by atoms with Crippen LogP contribution in [0, 0.1) is 24.3 Å². The maximum atomic E-state index is 13.0. The van der Waals surface area contributed by atoms with Crippen molar-refractivity contribution in [2.45, 2.75) is 26.6 Å². The summed E-state index contributed by atoms with van der Waals surface area (Å²) in [6.45, 7) is 8.12. The number of nitrogens with zero attached hydrogens (tertiary/aromatic N) is 1. The maximum absolute atomic E-state index is 13.0. The van der Waals surface area contributed by atoms with E-state index in [4.69, 9.17) is 0 Å². The molecular formula is C11H14FNSi. The quantitative estimate of drug-likeness (QED) is 0.362. The Balaban J connectivity index is 2.98. The van der Waals surface area contributed by atoms with Crippen LogP contribution >= 0.6 is 0 Å². The Morgan fingerprint density at radius 3 is 2.43 bits per heavy atom. The summed E-state index contributed by atoms with van der Waals surface area (Å²) in [6, 6.07) is 3.46. The van der Waals surface area contributed by atoms with Gasteiger partial charge in [-0.25, -0.2) is 4.98 Å². The number of halogens is 1. The van der Waals surface area contributed by atoms with Gasteiger partial charge in [-0.05, 0) is 13.0 Å². The van der Waals surface area contributed by atoms with Crippen LogP contribution in [0.4, 0.5) is 4.39 Å². The lowest BCUT2D eigenvalue weighted by Gasteiger charge is -2.03. The van der Waals surface area contributed by atoms with Gasteiger partial charge in [0.05, 0.1) is 0 Å². The van der Waals surface area contributed by atoms with Crippen molar-refractivity contribution in [3.63, 3.8) is 0 Å². The lowest BCUT2D eigenvalue weighted by atomic mass is 10.3. The molecule has 0 spiro atoms. The maximum Gasteiger partial charge on any atom is 0.216 e. The smallest absolute Gasteiger partial charge is 0.211 e. The first kappa shape index (κ1) is 10.9. The highest BCUT2D eigenvalue weighted by molar-refractivity contribution is 6.83. The van der Waals surface area contributed by atoms with Gasteiger partial charge in [0.25, 0.3) is 0 Å². The van der Waals surface area contributed by atoms with Gasteiger partial charge in [-0.3, -0.25) is 0 Å². The molecule has 3 heteroatoms. The van der Waals surface area contributed by atoms with E-state index in [1.165, 1.54) is 0 Å². The monoisotopic (exact) mass is 207 g/mol. The molecule has 1 nitrogen and oxygen atoms in total. The van der Waals surface area contributed by atoms with Gasteiger partial charge in [0.2, 0.25) is 5.95 Å². The normalized spacial score (nSPS) is 10.6. The molecule has 0 amide bonds. The number of aryl methyl sites for hydroxylation is 1. The fourth-order valence-corrected chi connectivity index (χ4v) is 1.33. The predicted octanol–water partition coefficient (Wildman–Crippen LogP) is 2.76. The highest BCUT2D eigenvalue weighted by atomic mass is 28.3. The number of hydrogen-bond donors (Lipinski definition) is 0. The molecule has 0 radical (unpaired) electrons. The summed E-state index contributed by atoms with van der Waals surface area (Å²) in [6.07, 6.45) is 0. The van der Waals surface area contributed by atoms with Gasteiger partial charge in [0.15, 0.2) is 0 Å². The largest absolute Gasteiger partial charge is 0.216 e. The van der Waals surface area contributed by atoms with Crippen molar-refractivity contribution in [3.05, 3.63) is 29.3 Å². The summed E-state index contributed by atoms with van der Waals surface area (Å²) in [5, 5.41) is 0. The van der Waals surface area contributed by atoms with E-state index < -0.39 is 14.0 Å². The lowest BCUT2D eigenvalue weighted by Crippen LogP contribution is -2.16. The van der Waals surface area contributed by atoms with Gasteiger partial charge in [-0.15, -0.1) is 5.54 Å². The van der Waals surface area contributed by atoms with E-state index in [2.05, 4.69) is 36.1 Å². The lowest BCUT2D eigenvalue weighted by molar-refractivity contribution is 0.573. The zero-order chi connectivity index (χ0) is 10.8. The van der Waals surface area contributed by atoms with Crippen LogP contribution < -0.4 is 0 Å². The number of hydrogen-bond acceptors (Lipinski definition) is 1. The first-order valence-electron chi connectivity index (χ1n) is 4.55. The van der Waals surface area contributed by atoms with Crippen molar-refractivity contribution in [2.24, 2.45) is 0 Å². The third-order valence-corrected chi connectivity index (χ3v) is 2.48. The Morgan fingerprint density at radius 2 is 1.93 bits per heavy atom. The van der Waals surface area contributed by atoms with E-state index in [0.717, 1.165) is 0 Å². The fraction of sp³-hybridized carbons (Fsp3) is 0.364. The molecule has 0 saturated heterocycles. The SMILES string of the molecule is Cc1ccc(C#C[Si](C)(C)C)nc1F. The second kappa shape index (κ2) is 3.93. The molecule has 14 heavy (non-hydrogen) atoms. The second-order valence-corrected chi connectivity index (χ2v) is 9.05. The van der Waals surface area contributed by atoms with Gasteiger partial charge in [0.1, 0.15) is 13.8 Å². The van der Waals surface area contributed by atoms with Crippen molar-refractivity contribution >= 4 is 8.07 Å². The number of pyridine rings is 1. The summed E-state index contributed by atoms with van der Waals surface area (Å²) >= 11 is 0. The summed E-state index contributed by atoms with van der Waals surface area (Å²) in [5.41, 5.74) is 4.23. The van der Waals surface area contributed by atoms with Crippen molar-refractivity contribution in [3.8, 4) is 11.5 Å². The van der Waals surface area contributed by atoms with Gasteiger partial charge in [-0.1, -0.05) is 31.6 Å². The average Bonchev–Trinajstić information content (AvgIpc) is 2.06. The topological polar surface area (TPSA) is 12.9 Å². The van der Waals surface area contributed by atoms with Gasteiger partial charge in [-0.2, -0.15) is 4.39 Å². The Morgan fingerprint density at radius 1 is 1.29 bits per heavy atom. The Hall–Kier alpha value is -1.14. The molecule has 0 N–H and O–H groups in total. The summed E-state index contributed by atoms with van der Waals surface area (Å²) in [4.78, 5) is 3.76. The molecule has 74 valence electrons. The minimum Gasteiger partial charge on any atom is -0.211 e. The van der Waals surface area contributed by atoms with Crippen LogP contribution in [0.15, 0.2) is 12.1 Å². The zero-order valence-corrected chi connectivity index (χ0v) is 9.98. The van der Waals surface area contributed by atoms with Crippen molar-refractivity contribution < 1.29 is 4.39 Å². The molecule has 0 saturated carbocycles. The number of aromatic nitrogens is 1. The van der Waals surface area contributed by atoms with E-state index in [1.54, 1.807) is 19.1 Å². The molecule has 0 aliphatic carbocycles. The third kappa shape index (κ3) is 3.31. The van der Waals surface area contributed by atoms with Crippen LogP contribution in [0.3, 0.4) is 0 Å². The number of rotatable bonds is 0. The van der Waals surface area contributed by atoms with Crippen LogP contribution in [-0.2, 0) is 0 Å². The first-order valence-corrected chi connectivity index (χ1v) is 8.05. The van der Waals surface area contributed by atoms with E-state index in [0.29, 0.717) is 11.3 Å². The standard InChI is InChI=1S/C11H14FNSi/c1-9-5-6-10(13-11(9)12)7-8-14(2,3)4/h5-6H,1-4H3. The highest BCUT2D eigenvalue weighted by Crippen LogP contribution is 2.04. The molecule has 0 aliphatic heterocycles. The first-order chi connectivity index (χ1) is 6.38. The molecule has 0 bridgehead atoms. The molecular weight excluding hydrogens is 193 g/mol. The minimum atomic E-state index is -1.39. The molecule has 1 rings (SSSR count). The molecule has 1 heterocycles. The Labute approximate surface area is 85.4 Å². The zero-order valence-electron chi connectivity index (χ0n) is 8.98. The van der Waals surface area contributed by atoms with Gasteiger partial charge >= 0.3 is 0 Å². The summed E-state index contributed by atoms with van der Waals surface area (Å²) in [7, 11) is -1.39. The predicted molar refractivity (Wildman–Crippen MR) is 59.2 cm³/mol. The van der Waals surface area contributed by atoms with Crippen LogP contribution in [0.25, 0.3) is 0 Å². The average molecular weight is 207 g/mol. The molecule has 1 aromatic rings. The van der Waals surface area contributed by atoms with Crippen molar-refractivity contribution in [1.29, 1.82) is 0 Å². The van der Waals surface area contributed by atoms with E-state index in [9.17, 15) is 4.39 Å². The minimum absolute atomic E-state index is 0.424. The van der Waals surface area contributed by atoms with Gasteiger partial charge < -0.3 is 0 Å². The van der Waals surface area contributed by atoms with Crippen molar-refractivity contribution in [2.75, 3.05) is 0 Å². The molecule has 1 aromatic heterocycles. The second-order valence-electron chi connectivity index (χ2n) is 4.30. The fourth-order valence-electron chi connectivity index (χ4n) is 0.825. The van der Waals surface area contributed by atoms with Crippen LogP contribution in [0.2, 0.25) is 19.6 Å². The van der Waals surface area contributed by atoms with Gasteiger partial charge in [0, 0.05) is 5.56 Å². The third-order valence-electron chi connectivity index (χ3n) is 1.60. The van der Waals surface area contributed by atoms with Crippen LogP contribution in [0.5, 0.6) is 0 Å². The highest BCUT2D eigenvalue weighted by Gasteiger charge is 2.07. The summed E-state index contributed by atoms with van der Waals surface area (Å²) < 4.78 is 13.0. The van der Waals surface area contributed by atoms with Crippen molar-refractivity contribution in [1.82, 2.24) is 4.98 Å².